The number of halogens is 2. The maximum Gasteiger partial charge on any atom is 0.255 e. The van der Waals surface area contributed by atoms with Gasteiger partial charge < -0.3 is 15.0 Å². The van der Waals surface area contributed by atoms with Gasteiger partial charge >= 0.3 is 0 Å². The van der Waals surface area contributed by atoms with Gasteiger partial charge in [-0.15, -0.1) is 0 Å². The fourth-order valence-corrected chi connectivity index (χ4v) is 2.67. The molecule has 2 amide bonds. The molecule has 0 radical (unpaired) electrons. The number of amides is 2. The second-order valence-corrected chi connectivity index (χ2v) is 6.84. The van der Waals surface area contributed by atoms with Crippen LogP contribution < -0.4 is 15.0 Å². The van der Waals surface area contributed by atoms with Gasteiger partial charge in [0.25, 0.3) is 5.91 Å². The van der Waals surface area contributed by atoms with Gasteiger partial charge in [-0.3, -0.25) is 9.59 Å². The van der Waals surface area contributed by atoms with Crippen LogP contribution in [0.1, 0.15) is 24.2 Å². The largest absolute Gasteiger partial charge is 0.495 e. The molecule has 2 rings (SSSR count). The van der Waals surface area contributed by atoms with Crippen LogP contribution >= 0.6 is 23.2 Å². The van der Waals surface area contributed by atoms with Crippen LogP contribution in [0.3, 0.4) is 0 Å². The monoisotopic (exact) mass is 394 g/mol. The molecular formula is C19H20Cl2N2O3. The fourth-order valence-electron chi connectivity index (χ4n) is 2.38. The Bertz CT molecular complexity index is 838. The summed E-state index contributed by atoms with van der Waals surface area (Å²) in [5.41, 5.74) is 1.43. The van der Waals surface area contributed by atoms with Gasteiger partial charge in [-0.25, -0.2) is 0 Å². The van der Waals surface area contributed by atoms with Crippen molar-refractivity contribution >= 4 is 46.4 Å². The molecule has 0 unspecified atom stereocenters. The second kappa shape index (κ2) is 8.43. The Morgan fingerprint density at radius 2 is 1.77 bits per heavy atom. The number of nitrogens with zero attached hydrogens (tertiary/aromatic N) is 1. The third kappa shape index (κ3) is 4.48. The van der Waals surface area contributed by atoms with Crippen LogP contribution in [0.25, 0.3) is 0 Å². The average Bonchev–Trinajstić information content (AvgIpc) is 2.62. The van der Waals surface area contributed by atoms with Crippen molar-refractivity contribution in [3.05, 3.63) is 52.0 Å². The van der Waals surface area contributed by atoms with Crippen LogP contribution in [-0.2, 0) is 4.79 Å². The van der Waals surface area contributed by atoms with E-state index in [1.807, 2.05) is 13.8 Å². The lowest BCUT2D eigenvalue weighted by molar-refractivity contribution is -0.121. The van der Waals surface area contributed by atoms with Crippen LogP contribution in [0.4, 0.5) is 11.4 Å². The molecule has 7 heteroatoms. The van der Waals surface area contributed by atoms with Crippen molar-refractivity contribution in [2.24, 2.45) is 5.92 Å². The zero-order valence-electron chi connectivity index (χ0n) is 15.0. The van der Waals surface area contributed by atoms with Crippen LogP contribution in [0.15, 0.2) is 36.4 Å². The number of hydrogen-bond acceptors (Lipinski definition) is 3. The van der Waals surface area contributed by atoms with Gasteiger partial charge in [0.1, 0.15) is 5.75 Å². The standard InChI is InChI=1S/C19H20Cl2N2O3/c1-11(2)19(25)23(3)16-9-12(5-8-17(16)26-4)18(24)22-13-6-7-14(20)15(21)10-13/h5-11H,1-4H3,(H,22,24). The molecule has 0 fully saturated rings. The highest BCUT2D eigenvalue weighted by Crippen LogP contribution is 2.30. The topological polar surface area (TPSA) is 58.6 Å². The first-order chi connectivity index (χ1) is 12.2. The summed E-state index contributed by atoms with van der Waals surface area (Å²) in [6, 6.07) is 9.73. The molecule has 0 saturated heterocycles. The zero-order valence-corrected chi connectivity index (χ0v) is 16.5. The third-order valence-corrected chi connectivity index (χ3v) is 4.54. The molecule has 0 aromatic heterocycles. The van der Waals surface area contributed by atoms with Crippen molar-refractivity contribution in [1.82, 2.24) is 0 Å². The van der Waals surface area contributed by atoms with E-state index in [1.165, 1.54) is 12.0 Å². The lowest BCUT2D eigenvalue weighted by atomic mass is 10.1. The predicted octanol–water partition coefficient (Wildman–Crippen LogP) is 4.87. The van der Waals surface area contributed by atoms with Crippen LogP contribution in [-0.4, -0.2) is 26.0 Å². The second-order valence-electron chi connectivity index (χ2n) is 6.02. The zero-order chi connectivity index (χ0) is 19.4. The first kappa shape index (κ1) is 20.1. The fraction of sp³-hybridized carbons (Fsp3) is 0.263. The number of carbonyl (C=O) groups is 2. The Labute approximate surface area is 162 Å². The first-order valence-electron chi connectivity index (χ1n) is 7.96. The Morgan fingerprint density at radius 1 is 1.08 bits per heavy atom. The van der Waals surface area contributed by atoms with Crippen molar-refractivity contribution in [2.45, 2.75) is 13.8 Å². The first-order valence-corrected chi connectivity index (χ1v) is 8.72. The molecule has 5 nitrogen and oxygen atoms in total. The number of rotatable bonds is 5. The average molecular weight is 395 g/mol. The number of benzene rings is 2. The van der Waals surface area contributed by atoms with Crippen molar-refractivity contribution in [2.75, 3.05) is 24.4 Å². The van der Waals surface area contributed by atoms with E-state index in [9.17, 15) is 9.59 Å². The van der Waals surface area contributed by atoms with E-state index >= 15 is 0 Å². The molecule has 0 atom stereocenters. The molecule has 0 aliphatic carbocycles. The number of anilines is 2. The molecule has 2 aromatic carbocycles. The predicted molar refractivity (Wildman–Crippen MR) is 106 cm³/mol. The summed E-state index contributed by atoms with van der Waals surface area (Å²) in [5.74, 6) is -0.0889. The van der Waals surface area contributed by atoms with Crippen LogP contribution in [0, 0.1) is 5.92 Å². The maximum atomic E-state index is 12.6. The minimum atomic E-state index is -0.335. The SMILES string of the molecule is COc1ccc(C(=O)Nc2ccc(Cl)c(Cl)c2)cc1N(C)C(=O)C(C)C. The summed E-state index contributed by atoms with van der Waals surface area (Å²) in [6.07, 6.45) is 0. The van der Waals surface area contributed by atoms with E-state index in [0.29, 0.717) is 32.7 Å². The quantitative estimate of drug-likeness (QED) is 0.786. The Kier molecular flexibility index (Phi) is 6.51. The summed E-state index contributed by atoms with van der Waals surface area (Å²) in [5, 5.41) is 3.51. The highest BCUT2D eigenvalue weighted by Gasteiger charge is 2.20. The van der Waals surface area contributed by atoms with Crippen molar-refractivity contribution < 1.29 is 14.3 Å². The molecule has 0 heterocycles. The lowest BCUT2D eigenvalue weighted by Gasteiger charge is -2.22. The van der Waals surface area contributed by atoms with Gasteiger partial charge in [-0.2, -0.15) is 0 Å². The summed E-state index contributed by atoms with van der Waals surface area (Å²) >= 11 is 11.9. The van der Waals surface area contributed by atoms with E-state index < -0.39 is 0 Å². The molecule has 26 heavy (non-hydrogen) atoms. The summed E-state index contributed by atoms with van der Waals surface area (Å²) < 4.78 is 5.32. The van der Waals surface area contributed by atoms with Crippen molar-refractivity contribution in [3.63, 3.8) is 0 Å². The van der Waals surface area contributed by atoms with Crippen LogP contribution in [0.5, 0.6) is 5.75 Å². The van der Waals surface area contributed by atoms with Crippen LogP contribution in [0.2, 0.25) is 10.0 Å². The molecular weight excluding hydrogens is 375 g/mol. The number of carbonyl (C=O) groups excluding carboxylic acids is 2. The molecule has 0 spiro atoms. The van der Waals surface area contributed by atoms with E-state index in [-0.39, 0.29) is 17.7 Å². The molecule has 0 saturated carbocycles. The molecule has 138 valence electrons. The van der Waals surface area contributed by atoms with E-state index in [0.717, 1.165) is 0 Å². The van der Waals surface area contributed by atoms with E-state index in [2.05, 4.69) is 5.32 Å². The van der Waals surface area contributed by atoms with Gasteiger partial charge in [-0.05, 0) is 36.4 Å². The third-order valence-electron chi connectivity index (χ3n) is 3.80. The Hall–Kier alpha value is -2.24. The number of nitrogens with one attached hydrogen (secondary N) is 1. The van der Waals surface area contributed by atoms with Gasteiger partial charge in [0.05, 0.1) is 22.8 Å². The number of hydrogen-bond donors (Lipinski definition) is 1. The minimum absolute atomic E-state index is 0.0784. The van der Waals surface area contributed by atoms with Gasteiger partial charge in [0, 0.05) is 24.2 Å². The van der Waals surface area contributed by atoms with Gasteiger partial charge in [0.15, 0.2) is 0 Å². The Morgan fingerprint density at radius 3 is 2.35 bits per heavy atom. The van der Waals surface area contributed by atoms with Gasteiger partial charge in [-0.1, -0.05) is 37.0 Å². The smallest absolute Gasteiger partial charge is 0.255 e. The maximum absolute atomic E-state index is 12.6. The van der Waals surface area contributed by atoms with Crippen molar-refractivity contribution in [3.8, 4) is 5.75 Å². The Balaban J connectivity index is 2.31. The number of ether oxygens (including phenoxy) is 1. The molecule has 0 bridgehead atoms. The highest BCUT2D eigenvalue weighted by atomic mass is 35.5. The molecule has 1 N–H and O–H groups in total. The van der Waals surface area contributed by atoms with Gasteiger partial charge in [0.2, 0.25) is 5.91 Å². The minimum Gasteiger partial charge on any atom is -0.495 e. The molecule has 0 aliphatic rings. The van der Waals surface area contributed by atoms with Crippen molar-refractivity contribution in [1.29, 1.82) is 0 Å². The highest BCUT2D eigenvalue weighted by molar-refractivity contribution is 6.42. The van der Waals surface area contributed by atoms with E-state index in [1.54, 1.807) is 43.4 Å². The van der Waals surface area contributed by atoms with E-state index in [4.69, 9.17) is 27.9 Å². The summed E-state index contributed by atoms with van der Waals surface area (Å²) in [7, 11) is 3.17. The molecule has 0 aliphatic heterocycles. The number of methoxy groups -OCH3 is 1. The molecule has 2 aromatic rings. The lowest BCUT2D eigenvalue weighted by Crippen LogP contribution is -2.30. The summed E-state index contributed by atoms with van der Waals surface area (Å²) in [4.78, 5) is 26.3. The summed E-state index contributed by atoms with van der Waals surface area (Å²) in [6.45, 7) is 3.62. The normalized spacial score (nSPS) is 10.6.